The van der Waals surface area contributed by atoms with Crippen LogP contribution in [0.15, 0.2) is 60.7 Å². The molecule has 1 amide bonds. The highest BCUT2D eigenvalue weighted by molar-refractivity contribution is 7.98. The number of thioether (sulfide) groups is 1. The van der Waals surface area contributed by atoms with Gasteiger partial charge >= 0.3 is 0 Å². The first-order valence-electron chi connectivity index (χ1n) is 8.33. The number of para-hydroxylation sites is 1. The number of hydrogen-bond donors (Lipinski definition) is 1. The maximum Gasteiger partial charge on any atom is 0.243 e. The van der Waals surface area contributed by atoms with Crippen molar-refractivity contribution in [3.8, 4) is 0 Å². The van der Waals surface area contributed by atoms with Gasteiger partial charge in [-0.1, -0.05) is 48.5 Å². The van der Waals surface area contributed by atoms with Crippen molar-refractivity contribution in [2.45, 2.75) is 18.7 Å². The Balaban J connectivity index is 1.87. The molecule has 0 unspecified atom stereocenters. The van der Waals surface area contributed by atoms with Crippen molar-refractivity contribution < 1.29 is 13.2 Å². The Morgan fingerprint density at radius 2 is 1.65 bits per heavy atom. The predicted octanol–water partition coefficient (Wildman–Crippen LogP) is 2.89. The topological polar surface area (TPSA) is 66.5 Å². The Hall–Kier alpha value is -1.99. The highest BCUT2D eigenvalue weighted by Gasteiger charge is 2.28. The molecule has 2 rings (SSSR count). The Morgan fingerprint density at radius 3 is 2.23 bits per heavy atom. The largest absolute Gasteiger partial charge is 0.353 e. The minimum Gasteiger partial charge on any atom is -0.353 e. The number of sulfonamides is 1. The minimum absolute atomic E-state index is 0.306. The molecule has 1 atom stereocenters. The van der Waals surface area contributed by atoms with E-state index in [1.165, 1.54) is 5.56 Å². The van der Waals surface area contributed by atoms with Crippen LogP contribution in [0, 0.1) is 0 Å². The van der Waals surface area contributed by atoms with Gasteiger partial charge in [-0.05, 0) is 24.6 Å². The summed E-state index contributed by atoms with van der Waals surface area (Å²) in [7, 11) is -3.57. The number of carbonyl (C=O) groups excluding carboxylic acids is 1. The third-order valence-electron chi connectivity index (χ3n) is 3.76. The highest BCUT2D eigenvalue weighted by atomic mass is 32.2. The third-order valence-corrected chi connectivity index (χ3v) is 6.03. The molecule has 140 valence electrons. The third kappa shape index (κ3) is 6.07. The predicted molar refractivity (Wildman–Crippen MR) is 109 cm³/mol. The molecule has 0 aliphatic carbocycles. The molecule has 0 fully saturated rings. The number of amides is 1. The smallest absolute Gasteiger partial charge is 0.243 e. The number of carbonyl (C=O) groups is 1. The van der Waals surface area contributed by atoms with Crippen LogP contribution in [0.25, 0.3) is 0 Å². The summed E-state index contributed by atoms with van der Waals surface area (Å²) in [4.78, 5) is 12.4. The summed E-state index contributed by atoms with van der Waals surface area (Å²) in [6.45, 7) is 2.09. The van der Waals surface area contributed by atoms with Gasteiger partial charge in [-0.2, -0.15) is 11.8 Å². The Kier molecular flexibility index (Phi) is 7.53. The fraction of sp³-hybridized carbons (Fsp3) is 0.316. The Morgan fingerprint density at radius 1 is 1.08 bits per heavy atom. The molecule has 5 nitrogen and oxygen atoms in total. The summed E-state index contributed by atoms with van der Waals surface area (Å²) in [5.41, 5.74) is 1.72. The monoisotopic (exact) mass is 392 g/mol. The molecule has 1 N–H and O–H groups in total. The fourth-order valence-corrected chi connectivity index (χ4v) is 4.54. The second-order valence-corrected chi connectivity index (χ2v) is 8.86. The standard InChI is InChI=1S/C19H24N2O3S2/c1-16(21(26(2,23)24)18-11-7-4-8-12-18)19(22)20-13-14-25-15-17-9-5-3-6-10-17/h3-12,16H,13-15H2,1-2H3,(H,20,22)/t16-/m0/s1. The lowest BCUT2D eigenvalue weighted by atomic mass is 10.2. The molecule has 26 heavy (non-hydrogen) atoms. The van der Waals surface area contributed by atoms with Crippen molar-refractivity contribution in [1.82, 2.24) is 5.32 Å². The number of rotatable bonds is 9. The van der Waals surface area contributed by atoms with Gasteiger partial charge in [0, 0.05) is 18.1 Å². The number of benzene rings is 2. The first kappa shape index (κ1) is 20.3. The van der Waals surface area contributed by atoms with Crippen molar-refractivity contribution in [1.29, 1.82) is 0 Å². The lowest BCUT2D eigenvalue weighted by Gasteiger charge is -2.28. The number of nitrogens with zero attached hydrogens (tertiary/aromatic N) is 1. The second-order valence-electron chi connectivity index (χ2n) is 5.90. The lowest BCUT2D eigenvalue weighted by molar-refractivity contribution is -0.121. The lowest BCUT2D eigenvalue weighted by Crippen LogP contribution is -2.48. The maximum absolute atomic E-state index is 12.4. The average molecular weight is 393 g/mol. The molecule has 0 aliphatic heterocycles. The molecule has 0 spiro atoms. The molecule has 0 radical (unpaired) electrons. The summed E-state index contributed by atoms with van der Waals surface area (Å²) in [5.74, 6) is 1.34. The molecule has 0 aliphatic rings. The average Bonchev–Trinajstić information content (AvgIpc) is 2.62. The van der Waals surface area contributed by atoms with E-state index in [1.54, 1.807) is 49.0 Å². The zero-order valence-corrected chi connectivity index (χ0v) is 16.6. The van der Waals surface area contributed by atoms with Crippen LogP contribution in [0.2, 0.25) is 0 Å². The van der Waals surface area contributed by atoms with E-state index >= 15 is 0 Å². The minimum atomic E-state index is -3.57. The van der Waals surface area contributed by atoms with Gasteiger partial charge in [0.25, 0.3) is 0 Å². The van der Waals surface area contributed by atoms with Gasteiger partial charge in [0.1, 0.15) is 6.04 Å². The van der Waals surface area contributed by atoms with Crippen molar-refractivity contribution in [3.05, 3.63) is 66.2 Å². The molecule has 0 heterocycles. The Labute approximate surface area is 159 Å². The van der Waals surface area contributed by atoms with E-state index < -0.39 is 16.1 Å². The van der Waals surface area contributed by atoms with Gasteiger partial charge in [-0.15, -0.1) is 0 Å². The van der Waals surface area contributed by atoms with E-state index in [-0.39, 0.29) is 5.91 Å². The van der Waals surface area contributed by atoms with Crippen molar-refractivity contribution in [2.75, 3.05) is 22.9 Å². The van der Waals surface area contributed by atoms with Crippen LogP contribution >= 0.6 is 11.8 Å². The first-order chi connectivity index (χ1) is 12.4. The zero-order valence-electron chi connectivity index (χ0n) is 15.0. The SMILES string of the molecule is C[C@@H](C(=O)NCCSCc1ccccc1)N(c1ccccc1)S(C)(=O)=O. The number of hydrogen-bond acceptors (Lipinski definition) is 4. The van der Waals surface area contributed by atoms with Crippen molar-refractivity contribution in [2.24, 2.45) is 0 Å². The molecule has 0 saturated carbocycles. The van der Waals surface area contributed by atoms with Gasteiger partial charge in [0.2, 0.25) is 15.9 Å². The van der Waals surface area contributed by atoms with Crippen LogP contribution in [0.4, 0.5) is 5.69 Å². The van der Waals surface area contributed by atoms with E-state index in [0.29, 0.717) is 12.2 Å². The molecule has 0 saturated heterocycles. The molecule has 7 heteroatoms. The van der Waals surface area contributed by atoms with E-state index in [4.69, 9.17) is 0 Å². The van der Waals surface area contributed by atoms with Gasteiger partial charge in [-0.25, -0.2) is 8.42 Å². The fourth-order valence-electron chi connectivity index (χ4n) is 2.54. The van der Waals surface area contributed by atoms with Gasteiger partial charge in [0.15, 0.2) is 0 Å². The maximum atomic E-state index is 12.4. The first-order valence-corrected chi connectivity index (χ1v) is 11.3. The van der Waals surface area contributed by atoms with E-state index in [2.05, 4.69) is 17.4 Å². The molecule has 0 bridgehead atoms. The summed E-state index contributed by atoms with van der Waals surface area (Å²) in [6.07, 6.45) is 1.11. The highest BCUT2D eigenvalue weighted by Crippen LogP contribution is 2.20. The van der Waals surface area contributed by atoms with Crippen LogP contribution < -0.4 is 9.62 Å². The second kappa shape index (κ2) is 9.64. The molecule has 2 aromatic carbocycles. The summed E-state index contributed by atoms with van der Waals surface area (Å²) < 4.78 is 25.5. The van der Waals surface area contributed by atoms with Crippen LogP contribution in [0.3, 0.4) is 0 Å². The summed E-state index contributed by atoms with van der Waals surface area (Å²) >= 11 is 1.72. The molecular formula is C19H24N2O3S2. The van der Waals surface area contributed by atoms with Crippen LogP contribution in [0.1, 0.15) is 12.5 Å². The Bertz CT molecular complexity index is 796. The quantitative estimate of drug-likeness (QED) is 0.667. The van der Waals surface area contributed by atoms with Crippen molar-refractivity contribution in [3.63, 3.8) is 0 Å². The number of nitrogens with one attached hydrogen (secondary N) is 1. The van der Waals surface area contributed by atoms with Gasteiger partial charge in [0.05, 0.1) is 11.9 Å². The molecule has 2 aromatic rings. The van der Waals surface area contributed by atoms with Gasteiger partial charge < -0.3 is 5.32 Å². The summed E-state index contributed by atoms with van der Waals surface area (Å²) in [6, 6.07) is 18.0. The summed E-state index contributed by atoms with van der Waals surface area (Å²) in [5, 5.41) is 2.83. The normalized spacial score (nSPS) is 12.4. The zero-order chi connectivity index (χ0) is 19.0. The van der Waals surface area contributed by atoms with E-state index in [9.17, 15) is 13.2 Å². The van der Waals surface area contributed by atoms with E-state index in [1.807, 2.05) is 18.2 Å². The van der Waals surface area contributed by atoms with E-state index in [0.717, 1.165) is 22.1 Å². The van der Waals surface area contributed by atoms with Crippen LogP contribution in [0.5, 0.6) is 0 Å². The molecular weight excluding hydrogens is 368 g/mol. The van der Waals surface area contributed by atoms with Crippen molar-refractivity contribution >= 4 is 33.4 Å². The number of anilines is 1. The molecule has 0 aromatic heterocycles. The van der Waals surface area contributed by atoms with Crippen LogP contribution in [-0.2, 0) is 20.6 Å². The van der Waals surface area contributed by atoms with Crippen LogP contribution in [-0.4, -0.2) is 38.9 Å². The van der Waals surface area contributed by atoms with Gasteiger partial charge in [-0.3, -0.25) is 9.10 Å².